The van der Waals surface area contributed by atoms with Gasteiger partial charge in [0, 0.05) is 18.0 Å². The van der Waals surface area contributed by atoms with Crippen molar-refractivity contribution < 1.29 is 64.1 Å². The maximum Gasteiger partial charge on any atom is 0.573 e. The fourth-order valence-electron chi connectivity index (χ4n) is 7.25. The summed E-state index contributed by atoms with van der Waals surface area (Å²) in [5.74, 6) is -25.2. The van der Waals surface area contributed by atoms with Crippen molar-refractivity contribution in [3.8, 4) is 11.5 Å². The molecule has 4 aliphatic rings. The molecule has 2 aromatic carbocycles. The summed E-state index contributed by atoms with van der Waals surface area (Å²) in [5, 5.41) is 10.9. The predicted octanol–water partition coefficient (Wildman–Crippen LogP) is 5.57. The van der Waals surface area contributed by atoms with E-state index in [1.807, 2.05) is 0 Å². The molecule has 6 unspecified atom stereocenters. The smallest absolute Gasteiger partial charge is 0.508 e. The molecule has 2 aliphatic carbocycles. The van der Waals surface area contributed by atoms with Gasteiger partial charge < -0.3 is 9.84 Å². The lowest BCUT2D eigenvalue weighted by Crippen LogP contribution is -2.60. The summed E-state index contributed by atoms with van der Waals surface area (Å²) in [5.41, 5.74) is -2.72. The Morgan fingerprint density at radius 3 is 2.09 bits per heavy atom. The van der Waals surface area contributed by atoms with Crippen LogP contribution in [0.2, 0.25) is 0 Å². The molecule has 4 amide bonds. The number of carbonyl (C=O) groups is 4. The van der Waals surface area contributed by atoms with Crippen molar-refractivity contribution >= 4 is 52.5 Å². The van der Waals surface area contributed by atoms with Crippen molar-refractivity contribution in [1.82, 2.24) is 4.90 Å². The van der Waals surface area contributed by atoms with Gasteiger partial charge in [-0.05, 0) is 43.9 Å². The van der Waals surface area contributed by atoms with Gasteiger partial charge in [-0.3, -0.25) is 24.1 Å². The van der Waals surface area contributed by atoms with E-state index >= 15 is 8.78 Å². The average Bonchev–Trinajstić information content (AvgIpc) is 3.33. The summed E-state index contributed by atoms with van der Waals surface area (Å²) < 4.78 is 116. The molecular formula is C29H18Cl2F8N2O6. The standard InChI is InChI=1S/C29H18Cl2F8N2O6/c1-2-40-23(43)11-5-4-10-13(15(11)24(40)44)8-27(30)25(45)41(22-20(35)18(33)17(32)19(34)21(22)36)26(46)28(27,31)16(10)12-7-9(3-6-14(12)42)47-29(37,38)39/h3-4,6-7,11,13,15-16,42H,2,5,8H2,1H3. The fraction of sp³-hybridized carbons (Fsp3) is 0.379. The van der Waals surface area contributed by atoms with Crippen LogP contribution in [0.25, 0.3) is 0 Å². The first-order chi connectivity index (χ1) is 21.8. The Kier molecular flexibility index (Phi) is 7.40. The highest BCUT2D eigenvalue weighted by atomic mass is 35.5. The van der Waals surface area contributed by atoms with Crippen molar-refractivity contribution in [2.75, 3.05) is 11.4 Å². The van der Waals surface area contributed by atoms with E-state index in [0.717, 1.165) is 4.90 Å². The number of nitrogens with zero attached hydrogens (tertiary/aromatic N) is 2. The van der Waals surface area contributed by atoms with Crippen molar-refractivity contribution in [1.29, 1.82) is 0 Å². The second kappa shape index (κ2) is 10.5. The molecule has 0 aromatic heterocycles. The third-order valence-corrected chi connectivity index (χ3v) is 10.6. The first kappa shape index (κ1) is 33.0. The molecule has 0 radical (unpaired) electrons. The average molecular weight is 713 g/mol. The number of ether oxygens (including phenoxy) is 1. The molecule has 250 valence electrons. The van der Waals surface area contributed by atoms with Gasteiger partial charge in [0.25, 0.3) is 11.8 Å². The number of aromatic hydroxyl groups is 1. The molecule has 0 spiro atoms. The van der Waals surface area contributed by atoms with E-state index in [1.165, 1.54) is 13.0 Å². The largest absolute Gasteiger partial charge is 0.573 e. The lowest BCUT2D eigenvalue weighted by Gasteiger charge is -2.50. The number of phenolic OH excluding ortho intramolecular Hbond substituents is 1. The van der Waals surface area contributed by atoms with E-state index in [-0.39, 0.29) is 18.5 Å². The Hall–Kier alpha value is -3.92. The predicted molar refractivity (Wildman–Crippen MR) is 144 cm³/mol. The Bertz CT molecular complexity index is 1810. The summed E-state index contributed by atoms with van der Waals surface area (Å²) in [6.07, 6.45) is -4.93. The molecule has 18 heteroatoms. The molecule has 6 rings (SSSR count). The number of allylic oxidation sites excluding steroid dienone is 2. The van der Waals surface area contributed by atoms with E-state index < -0.39 is 127 Å². The number of hydrogen-bond donors (Lipinski definition) is 1. The molecule has 2 aromatic rings. The van der Waals surface area contributed by atoms with Gasteiger partial charge in [-0.25, -0.2) is 26.9 Å². The van der Waals surface area contributed by atoms with Crippen LogP contribution in [0.5, 0.6) is 11.5 Å². The molecule has 3 fully saturated rings. The number of fused-ring (bicyclic) bond motifs is 4. The Morgan fingerprint density at radius 1 is 0.915 bits per heavy atom. The van der Waals surface area contributed by atoms with E-state index in [0.29, 0.717) is 18.2 Å². The van der Waals surface area contributed by atoms with Gasteiger partial charge in [0.1, 0.15) is 17.2 Å². The molecule has 2 heterocycles. The molecule has 1 saturated carbocycles. The number of phenols is 1. The quantitative estimate of drug-likeness (QED) is 0.111. The lowest BCUT2D eigenvalue weighted by molar-refractivity contribution is -0.274. The van der Waals surface area contributed by atoms with Gasteiger partial charge in [0.2, 0.25) is 17.6 Å². The van der Waals surface area contributed by atoms with Crippen LogP contribution in [0.1, 0.15) is 31.2 Å². The summed E-state index contributed by atoms with van der Waals surface area (Å²) in [6, 6.07) is 2.01. The highest BCUT2D eigenvalue weighted by molar-refractivity contribution is 6.58. The minimum atomic E-state index is -5.27. The minimum Gasteiger partial charge on any atom is -0.508 e. The number of benzene rings is 2. The van der Waals surface area contributed by atoms with Crippen molar-refractivity contribution in [3.05, 3.63) is 64.5 Å². The third-order valence-electron chi connectivity index (χ3n) is 9.17. The Balaban J connectivity index is 1.62. The minimum absolute atomic E-state index is 0.0588. The SMILES string of the molecule is CCN1C(=O)C2CC=C3C(CC4(Cl)C(=O)N(c5c(F)c(F)c(F)c(F)c5F)C(=O)C4(Cl)C3c3cc(OC(F)(F)F)ccc3O)C2C1=O. The van der Waals surface area contributed by atoms with Crippen LogP contribution < -0.4 is 9.64 Å². The summed E-state index contributed by atoms with van der Waals surface area (Å²) in [4.78, 5) is 49.3. The van der Waals surface area contributed by atoms with Crippen LogP contribution in [0.15, 0.2) is 29.8 Å². The van der Waals surface area contributed by atoms with Crippen LogP contribution >= 0.6 is 23.2 Å². The van der Waals surface area contributed by atoms with Crippen LogP contribution in [0.3, 0.4) is 0 Å². The van der Waals surface area contributed by atoms with Gasteiger partial charge >= 0.3 is 6.36 Å². The third kappa shape index (κ3) is 4.32. The van der Waals surface area contributed by atoms with Crippen LogP contribution in [0.4, 0.5) is 40.8 Å². The number of amides is 4. The molecule has 0 bridgehead atoms. The van der Waals surface area contributed by atoms with E-state index in [2.05, 4.69) is 4.74 Å². The van der Waals surface area contributed by atoms with Crippen molar-refractivity contribution in [2.45, 2.75) is 41.8 Å². The van der Waals surface area contributed by atoms with Crippen LogP contribution in [0, 0.1) is 46.8 Å². The number of hydrogen-bond acceptors (Lipinski definition) is 6. The summed E-state index contributed by atoms with van der Waals surface area (Å²) in [6.45, 7) is 1.44. The number of rotatable bonds is 4. The first-order valence-corrected chi connectivity index (χ1v) is 14.5. The van der Waals surface area contributed by atoms with Gasteiger partial charge in [0.15, 0.2) is 33.0 Å². The molecule has 2 saturated heterocycles. The van der Waals surface area contributed by atoms with E-state index in [9.17, 15) is 50.6 Å². The molecule has 1 N–H and O–H groups in total. The number of halogens is 10. The zero-order valence-corrected chi connectivity index (χ0v) is 24.9. The summed E-state index contributed by atoms with van der Waals surface area (Å²) >= 11 is 13.8. The van der Waals surface area contributed by atoms with Crippen LogP contribution in [-0.4, -0.2) is 56.3 Å². The van der Waals surface area contributed by atoms with Crippen molar-refractivity contribution in [2.24, 2.45) is 17.8 Å². The monoisotopic (exact) mass is 712 g/mol. The van der Waals surface area contributed by atoms with Crippen LogP contribution in [-0.2, 0) is 19.2 Å². The maximum absolute atomic E-state index is 15.1. The second-order valence-electron chi connectivity index (χ2n) is 11.4. The fourth-order valence-corrected chi connectivity index (χ4v) is 8.18. The Morgan fingerprint density at radius 2 is 1.51 bits per heavy atom. The molecule has 2 aliphatic heterocycles. The lowest BCUT2D eigenvalue weighted by atomic mass is 9.56. The van der Waals surface area contributed by atoms with Gasteiger partial charge in [-0.1, -0.05) is 11.6 Å². The molecule has 47 heavy (non-hydrogen) atoms. The summed E-state index contributed by atoms with van der Waals surface area (Å²) in [7, 11) is 0. The van der Waals surface area contributed by atoms with Gasteiger partial charge in [-0.2, -0.15) is 0 Å². The van der Waals surface area contributed by atoms with Gasteiger partial charge in [0.05, 0.1) is 11.8 Å². The number of alkyl halides is 5. The number of carbonyl (C=O) groups excluding carboxylic acids is 4. The normalized spacial score (nSPS) is 30.4. The zero-order valence-electron chi connectivity index (χ0n) is 23.4. The maximum atomic E-state index is 15.1. The topological polar surface area (TPSA) is 104 Å². The molecule has 6 atom stereocenters. The van der Waals surface area contributed by atoms with E-state index in [4.69, 9.17) is 23.2 Å². The number of anilines is 1. The first-order valence-electron chi connectivity index (χ1n) is 13.7. The number of imide groups is 2. The van der Waals surface area contributed by atoms with Gasteiger partial charge in [-0.15, -0.1) is 36.4 Å². The van der Waals surface area contributed by atoms with Crippen molar-refractivity contribution in [3.63, 3.8) is 0 Å². The number of likely N-dealkylation sites (tertiary alicyclic amines) is 1. The molecule has 8 nitrogen and oxygen atoms in total. The highest BCUT2D eigenvalue weighted by Gasteiger charge is 2.77. The highest BCUT2D eigenvalue weighted by Crippen LogP contribution is 2.66. The molecular weight excluding hydrogens is 695 g/mol. The Labute approximate surface area is 268 Å². The second-order valence-corrected chi connectivity index (χ2v) is 12.6. The zero-order chi connectivity index (χ0) is 34.7. The van der Waals surface area contributed by atoms with E-state index in [1.54, 1.807) is 0 Å².